The van der Waals surface area contributed by atoms with E-state index in [2.05, 4.69) is 38.6 Å². The Hall–Kier alpha value is -3.65. The van der Waals surface area contributed by atoms with Crippen molar-refractivity contribution in [2.45, 2.75) is 100 Å². The number of ether oxygens (including phenoxy) is 1. The molecule has 10 nitrogen and oxygen atoms in total. The number of hydrogen-bond acceptors (Lipinski definition) is 6. The van der Waals surface area contributed by atoms with Crippen molar-refractivity contribution in [2.24, 2.45) is 0 Å². The summed E-state index contributed by atoms with van der Waals surface area (Å²) < 4.78 is 5.49. The van der Waals surface area contributed by atoms with Crippen LogP contribution in [-0.2, 0) is 25.5 Å². The number of piperazine rings is 1. The van der Waals surface area contributed by atoms with E-state index in [0.29, 0.717) is 19.1 Å². The van der Waals surface area contributed by atoms with Gasteiger partial charge in [0.2, 0.25) is 17.7 Å². The number of aryl methyl sites for hydroxylation is 1. The molecule has 0 aromatic heterocycles. The number of β-lactam (4-membered cyclic amide) rings is 1. The molecule has 2 aromatic rings. The third kappa shape index (κ3) is 7.10. The summed E-state index contributed by atoms with van der Waals surface area (Å²) in [6.07, 6.45) is 10.8. The number of amides is 4. The van der Waals surface area contributed by atoms with Gasteiger partial charge in [0.05, 0.1) is 18.1 Å². The Kier molecular flexibility index (Phi) is 10.9. The Morgan fingerprint density at radius 1 is 0.920 bits per heavy atom. The van der Waals surface area contributed by atoms with Crippen LogP contribution in [-0.4, -0.2) is 117 Å². The summed E-state index contributed by atoms with van der Waals surface area (Å²) in [6.45, 7) is 3.28. The molecule has 11 heteroatoms. The summed E-state index contributed by atoms with van der Waals surface area (Å²) in [5.41, 5.74) is 3.22. The zero-order chi connectivity index (χ0) is 34.6. The lowest BCUT2D eigenvalue weighted by atomic mass is 9.86. The number of nitrogens with zero attached hydrogens (tertiary/aromatic N) is 4. The van der Waals surface area contributed by atoms with E-state index in [-0.39, 0.29) is 43.2 Å². The minimum Gasteiger partial charge on any atom is -0.447 e. The number of fused-ring (bicyclic) bond motifs is 1. The fraction of sp³-hybridized carbons (Fsp3) is 0.538. The number of nitrogens with one attached hydrogen (secondary N) is 1. The summed E-state index contributed by atoms with van der Waals surface area (Å²) in [5.74, 6) is -0.557. The van der Waals surface area contributed by atoms with Crippen LogP contribution in [0.2, 0.25) is 0 Å². The normalized spacial score (nSPS) is 26.8. The Morgan fingerprint density at radius 2 is 1.66 bits per heavy atom. The summed E-state index contributed by atoms with van der Waals surface area (Å²) in [5, 5.41) is 3.28. The standard InChI is InChI=1S/C39H48N5O5.Al/c1-2-32-36(44-34(26-49-39(44)48)28-13-5-3-6-14-28)38(47)43(32)33(37(46)40-31-19-11-15-27-12-9-10-18-30(27)31)20-21-35(45)42-24-22-41(23-25-42)29-16-7-4-8-17-29;/h1-3,5-6,9-10,12-14,18,29,31-34,36H,4,7-8,11,15-17,19-26H2,(H,40,46);/t31-,32-,33+,34-,36+;/m1./s1. The van der Waals surface area contributed by atoms with Crippen molar-refractivity contribution < 1.29 is 23.9 Å². The van der Waals surface area contributed by atoms with Crippen molar-refractivity contribution >= 4 is 40.1 Å². The molecule has 4 fully saturated rings. The maximum Gasteiger partial charge on any atom is 0.411 e. The van der Waals surface area contributed by atoms with Crippen molar-refractivity contribution in [3.8, 4) is 0 Å². The molecule has 3 heterocycles. The van der Waals surface area contributed by atoms with Gasteiger partial charge in [-0.1, -0.05) is 79.9 Å². The number of benzene rings is 2. The van der Waals surface area contributed by atoms with E-state index < -0.39 is 30.3 Å². The molecule has 50 heavy (non-hydrogen) atoms. The number of likely N-dealkylation sites (tertiary alicyclic amines) is 1. The lowest BCUT2D eigenvalue weighted by Crippen LogP contribution is -2.74. The monoisotopic (exact) mass is 693 g/mol. The van der Waals surface area contributed by atoms with Gasteiger partial charge in [-0.15, -0.1) is 0 Å². The predicted molar refractivity (Wildman–Crippen MR) is 190 cm³/mol. The average molecular weight is 694 g/mol. The zero-order valence-electron chi connectivity index (χ0n) is 28.8. The lowest BCUT2D eigenvalue weighted by molar-refractivity contribution is -0.163. The second kappa shape index (κ2) is 15.7. The number of carbonyl (C=O) groups is 4. The van der Waals surface area contributed by atoms with Gasteiger partial charge in [0, 0.05) is 38.6 Å². The Labute approximate surface area is 303 Å². The molecular weight excluding hydrogens is 645 g/mol. The molecule has 3 aliphatic heterocycles. The summed E-state index contributed by atoms with van der Waals surface area (Å²) in [4.78, 5) is 64.9. The molecule has 5 aliphatic rings. The molecule has 262 valence electrons. The maximum atomic E-state index is 14.4. The Bertz CT molecular complexity index is 1570. The minimum atomic E-state index is -0.875. The fourth-order valence-corrected chi connectivity index (χ4v) is 9.14. The molecule has 1 N–H and O–H groups in total. The van der Waals surface area contributed by atoms with Crippen molar-refractivity contribution in [1.82, 2.24) is 24.9 Å². The second-order valence-electron chi connectivity index (χ2n) is 14.4. The van der Waals surface area contributed by atoms with Gasteiger partial charge in [-0.2, -0.15) is 4.94 Å². The highest BCUT2D eigenvalue weighted by atomic mass is 27.0. The first-order chi connectivity index (χ1) is 24.4. The van der Waals surface area contributed by atoms with Crippen LogP contribution in [0.4, 0.5) is 4.79 Å². The highest BCUT2D eigenvalue weighted by Gasteiger charge is 2.58. The highest BCUT2D eigenvalue weighted by Crippen LogP contribution is 2.39. The van der Waals surface area contributed by atoms with Gasteiger partial charge in [0.1, 0.15) is 18.7 Å². The van der Waals surface area contributed by atoms with Gasteiger partial charge in [-0.05, 0) is 55.2 Å². The number of carbonyl (C=O) groups excluding carboxylic acids is 4. The van der Waals surface area contributed by atoms with Gasteiger partial charge in [0.25, 0.3) is 0 Å². The third-order valence-corrected chi connectivity index (χ3v) is 11.8. The number of hydrogen-bond donors (Lipinski definition) is 1. The largest absolute Gasteiger partial charge is 0.447 e. The minimum absolute atomic E-state index is 0.0176. The van der Waals surface area contributed by atoms with Crippen LogP contribution in [0, 0.1) is 0 Å². The van der Waals surface area contributed by atoms with Crippen molar-refractivity contribution in [2.75, 3.05) is 32.8 Å². The number of cyclic esters (lactones) is 1. The van der Waals surface area contributed by atoms with Gasteiger partial charge in [-0.25, -0.2) is 4.79 Å². The molecule has 2 aromatic carbocycles. The lowest BCUT2D eigenvalue weighted by Gasteiger charge is -2.52. The molecule has 0 unspecified atom stereocenters. The van der Waals surface area contributed by atoms with Crippen LogP contribution in [0.5, 0.6) is 0 Å². The van der Waals surface area contributed by atoms with Gasteiger partial charge < -0.3 is 19.9 Å². The molecule has 5 atom stereocenters. The molecule has 0 spiro atoms. The molecule has 1 saturated carbocycles. The molecule has 0 bridgehead atoms. The van der Waals surface area contributed by atoms with E-state index in [1.54, 1.807) is 9.84 Å². The van der Waals surface area contributed by atoms with Gasteiger partial charge in [-0.3, -0.25) is 24.2 Å². The molecular formula is C39H48AlN5O5. The van der Waals surface area contributed by atoms with E-state index in [1.165, 1.54) is 42.6 Å². The van der Waals surface area contributed by atoms with Crippen molar-refractivity contribution in [3.63, 3.8) is 0 Å². The van der Waals surface area contributed by atoms with Gasteiger partial charge in [0.15, 0.2) is 16.3 Å². The smallest absolute Gasteiger partial charge is 0.411 e. The van der Waals surface area contributed by atoms with Crippen LogP contribution in [0.25, 0.3) is 0 Å². The summed E-state index contributed by atoms with van der Waals surface area (Å²) in [7, 11) is 0. The molecule has 4 amide bonds. The van der Waals surface area contributed by atoms with Crippen LogP contribution in [0.15, 0.2) is 65.6 Å². The first-order valence-corrected chi connectivity index (χ1v) is 19.2. The maximum absolute atomic E-state index is 14.4. The quantitative estimate of drug-likeness (QED) is 0.295. The number of rotatable bonds is 10. The Morgan fingerprint density at radius 3 is 2.42 bits per heavy atom. The van der Waals surface area contributed by atoms with Gasteiger partial charge >= 0.3 is 6.09 Å². The van der Waals surface area contributed by atoms with Crippen LogP contribution >= 0.6 is 0 Å². The van der Waals surface area contributed by atoms with E-state index in [0.717, 1.165) is 43.5 Å². The van der Waals surface area contributed by atoms with E-state index >= 15 is 0 Å². The average Bonchev–Trinajstić information content (AvgIpc) is 3.53. The fourth-order valence-electron chi connectivity index (χ4n) is 8.91. The van der Waals surface area contributed by atoms with E-state index in [9.17, 15) is 19.2 Å². The Balaban J connectivity index is 1.09. The molecule has 7 rings (SSSR count). The topological polar surface area (TPSA) is 103 Å². The van der Waals surface area contributed by atoms with Crippen LogP contribution in [0.3, 0.4) is 0 Å². The highest BCUT2D eigenvalue weighted by molar-refractivity contribution is 6.17. The van der Waals surface area contributed by atoms with Crippen molar-refractivity contribution in [1.29, 1.82) is 0 Å². The van der Waals surface area contributed by atoms with Crippen LogP contribution < -0.4 is 5.32 Å². The van der Waals surface area contributed by atoms with Crippen molar-refractivity contribution in [3.05, 3.63) is 82.3 Å². The third-order valence-electron chi connectivity index (χ3n) is 11.6. The molecule has 2 aliphatic carbocycles. The first kappa shape index (κ1) is 34.8. The second-order valence-corrected chi connectivity index (χ2v) is 14.8. The van der Waals surface area contributed by atoms with Crippen LogP contribution in [0.1, 0.15) is 86.6 Å². The SMILES string of the molecule is O=C(N[C@@H]1CCCc2ccccc21)[C@H](CCC(=O)N1CCN(C2CCCCC2)CC1)N1C(=O)[C@@H](N2C(=O)OC[C@@H]2c2ccccc2)[C@H]1/C=[CH]/[Al]. The zero-order valence-corrected chi connectivity index (χ0v) is 30.0. The molecule has 3 saturated heterocycles. The predicted octanol–water partition coefficient (Wildman–Crippen LogP) is 4.26. The first-order valence-electron chi connectivity index (χ1n) is 18.5. The van der Waals surface area contributed by atoms with E-state index in [4.69, 9.17) is 4.74 Å². The van der Waals surface area contributed by atoms with E-state index in [1.807, 2.05) is 53.4 Å². The summed E-state index contributed by atoms with van der Waals surface area (Å²) >= 11 is 2.55. The molecule has 2 radical (unpaired) electrons. The summed E-state index contributed by atoms with van der Waals surface area (Å²) in [6, 6.07) is 15.6.